The number of alkyl halides is 2. The first-order valence-corrected chi connectivity index (χ1v) is 7.84. The van der Waals surface area contributed by atoms with Gasteiger partial charge in [0, 0.05) is 18.5 Å². The Labute approximate surface area is 141 Å². The van der Waals surface area contributed by atoms with Crippen LogP contribution in [0.15, 0.2) is 30.3 Å². The first kappa shape index (κ1) is 15.6. The topological polar surface area (TPSA) is 73.6 Å². The van der Waals surface area contributed by atoms with Crippen molar-refractivity contribution in [3.63, 3.8) is 0 Å². The summed E-state index contributed by atoms with van der Waals surface area (Å²) in [6.45, 7) is 1.62. The predicted octanol–water partition coefficient (Wildman–Crippen LogP) is 2.84. The van der Waals surface area contributed by atoms with Crippen LogP contribution in [0.5, 0.6) is 11.5 Å². The summed E-state index contributed by atoms with van der Waals surface area (Å²) in [7, 11) is 0. The minimum absolute atomic E-state index is 0.270. The van der Waals surface area contributed by atoms with Crippen LogP contribution < -0.4 is 14.8 Å². The summed E-state index contributed by atoms with van der Waals surface area (Å²) < 4.78 is 38.3. The quantitative estimate of drug-likeness (QED) is 0.782. The summed E-state index contributed by atoms with van der Waals surface area (Å²) in [5.74, 6) is 1.36. The van der Waals surface area contributed by atoms with E-state index >= 15 is 0 Å². The number of aromatic nitrogens is 4. The molecule has 1 aliphatic rings. The lowest BCUT2D eigenvalue weighted by atomic mass is 10.2. The Hall–Kier alpha value is -2.97. The lowest BCUT2D eigenvalue weighted by Gasteiger charge is -2.13. The second-order valence-electron chi connectivity index (χ2n) is 5.50. The Kier molecular flexibility index (Phi) is 4.04. The molecule has 0 saturated carbocycles. The molecule has 1 N–H and O–H groups in total. The Morgan fingerprint density at radius 2 is 2.00 bits per heavy atom. The van der Waals surface area contributed by atoms with E-state index < -0.39 is 12.2 Å². The number of hydrogen-bond acceptors (Lipinski definition) is 6. The summed E-state index contributed by atoms with van der Waals surface area (Å²) in [5.41, 5.74) is 1.17. The molecule has 2 aromatic heterocycles. The molecule has 1 aromatic carbocycles. The second kappa shape index (κ2) is 6.50. The average molecular weight is 347 g/mol. The maximum absolute atomic E-state index is 12.9. The molecular weight excluding hydrogens is 332 g/mol. The van der Waals surface area contributed by atoms with Crippen LogP contribution in [0.2, 0.25) is 0 Å². The van der Waals surface area contributed by atoms with Crippen molar-refractivity contribution in [3.8, 4) is 11.5 Å². The number of fused-ring (bicyclic) bond motifs is 2. The minimum Gasteiger partial charge on any atom is -0.490 e. The van der Waals surface area contributed by atoms with Crippen LogP contribution in [-0.2, 0) is 6.54 Å². The van der Waals surface area contributed by atoms with Gasteiger partial charge >= 0.3 is 0 Å². The highest BCUT2D eigenvalue weighted by Crippen LogP contribution is 2.33. The molecule has 4 rings (SSSR count). The molecule has 0 saturated heterocycles. The van der Waals surface area contributed by atoms with Crippen LogP contribution in [0.4, 0.5) is 14.6 Å². The number of anilines is 1. The number of para-hydroxylation sites is 1. The van der Waals surface area contributed by atoms with Crippen molar-refractivity contribution in [1.29, 1.82) is 0 Å². The molecule has 0 spiro atoms. The fourth-order valence-electron chi connectivity index (χ4n) is 2.61. The van der Waals surface area contributed by atoms with Gasteiger partial charge in [0.1, 0.15) is 5.82 Å². The molecule has 25 heavy (non-hydrogen) atoms. The van der Waals surface area contributed by atoms with E-state index in [0.717, 1.165) is 16.5 Å². The van der Waals surface area contributed by atoms with Gasteiger partial charge in [-0.05, 0) is 18.2 Å². The van der Waals surface area contributed by atoms with Gasteiger partial charge in [-0.3, -0.25) is 0 Å². The van der Waals surface area contributed by atoms with Crippen molar-refractivity contribution in [2.75, 3.05) is 18.5 Å². The monoisotopic (exact) mass is 347 g/mol. The fourth-order valence-corrected chi connectivity index (χ4v) is 2.61. The van der Waals surface area contributed by atoms with Crippen molar-refractivity contribution >= 4 is 11.5 Å². The van der Waals surface area contributed by atoms with Crippen molar-refractivity contribution in [2.24, 2.45) is 0 Å². The van der Waals surface area contributed by atoms with Crippen LogP contribution in [0.1, 0.15) is 24.2 Å². The molecule has 0 atom stereocenters. The van der Waals surface area contributed by atoms with Gasteiger partial charge < -0.3 is 14.8 Å². The largest absolute Gasteiger partial charge is 0.490 e. The predicted molar refractivity (Wildman–Crippen MR) is 85.1 cm³/mol. The number of halogens is 2. The fraction of sp³-hybridized carbons (Fsp3) is 0.312. The maximum Gasteiger partial charge on any atom is 0.299 e. The van der Waals surface area contributed by atoms with Crippen molar-refractivity contribution in [2.45, 2.75) is 19.4 Å². The molecule has 7 nitrogen and oxygen atoms in total. The van der Waals surface area contributed by atoms with E-state index in [-0.39, 0.29) is 5.65 Å². The van der Waals surface area contributed by atoms with Gasteiger partial charge in [0.15, 0.2) is 17.1 Å². The lowest BCUT2D eigenvalue weighted by Crippen LogP contribution is -2.07. The van der Waals surface area contributed by atoms with Gasteiger partial charge in [-0.1, -0.05) is 12.1 Å². The summed E-state index contributed by atoms with van der Waals surface area (Å²) in [6, 6.07) is 8.91. The van der Waals surface area contributed by atoms with Gasteiger partial charge in [0.2, 0.25) is 5.82 Å². The standard InChI is InChI=1S/C16H15F2N5O2/c17-15(18)16-21-20-13-6-5-12(22-23(13)16)19-9-10-3-1-4-11-14(10)25-8-2-7-24-11/h1,3-6,15H,2,7-9H2,(H,19,22). The van der Waals surface area contributed by atoms with E-state index in [1.165, 1.54) is 0 Å². The van der Waals surface area contributed by atoms with Crippen molar-refractivity contribution in [3.05, 3.63) is 41.7 Å². The average Bonchev–Trinajstić information content (AvgIpc) is 2.89. The summed E-state index contributed by atoms with van der Waals surface area (Å²) in [5, 5.41) is 14.4. The number of rotatable bonds is 4. The highest BCUT2D eigenvalue weighted by molar-refractivity contribution is 5.49. The van der Waals surface area contributed by atoms with E-state index in [1.807, 2.05) is 18.2 Å². The summed E-state index contributed by atoms with van der Waals surface area (Å²) >= 11 is 0. The number of ether oxygens (including phenoxy) is 2. The third kappa shape index (κ3) is 3.04. The normalized spacial score (nSPS) is 13.9. The first-order chi connectivity index (χ1) is 12.2. The van der Waals surface area contributed by atoms with Crippen LogP contribution in [0.3, 0.4) is 0 Å². The van der Waals surface area contributed by atoms with E-state index in [0.29, 0.717) is 37.1 Å². The molecule has 0 bridgehead atoms. The van der Waals surface area contributed by atoms with Crippen LogP contribution in [0.25, 0.3) is 5.65 Å². The highest BCUT2D eigenvalue weighted by Gasteiger charge is 2.17. The molecule has 3 aromatic rings. The van der Waals surface area contributed by atoms with E-state index in [1.54, 1.807) is 12.1 Å². The molecule has 0 unspecified atom stereocenters. The first-order valence-electron chi connectivity index (χ1n) is 7.84. The zero-order valence-corrected chi connectivity index (χ0v) is 13.2. The summed E-state index contributed by atoms with van der Waals surface area (Å²) in [6.07, 6.45) is -1.92. The molecule has 0 amide bonds. The number of nitrogens with zero attached hydrogens (tertiary/aromatic N) is 4. The van der Waals surface area contributed by atoms with Gasteiger partial charge in [-0.25, -0.2) is 8.78 Å². The molecule has 0 radical (unpaired) electrons. The molecule has 1 aliphatic heterocycles. The minimum atomic E-state index is -2.74. The van der Waals surface area contributed by atoms with Gasteiger partial charge in [-0.15, -0.1) is 15.3 Å². The Morgan fingerprint density at radius 1 is 1.12 bits per heavy atom. The molecule has 3 heterocycles. The zero-order valence-electron chi connectivity index (χ0n) is 13.2. The third-order valence-electron chi connectivity index (χ3n) is 3.80. The van der Waals surface area contributed by atoms with E-state index in [2.05, 4.69) is 20.6 Å². The molecule has 0 fully saturated rings. The van der Waals surface area contributed by atoms with Crippen LogP contribution in [-0.4, -0.2) is 33.0 Å². The van der Waals surface area contributed by atoms with Crippen LogP contribution in [0, 0.1) is 0 Å². The maximum atomic E-state index is 12.9. The number of hydrogen-bond donors (Lipinski definition) is 1. The number of nitrogens with one attached hydrogen (secondary N) is 1. The Bertz CT molecular complexity index is 899. The van der Waals surface area contributed by atoms with Crippen molar-refractivity contribution in [1.82, 2.24) is 19.8 Å². The SMILES string of the molecule is FC(F)c1nnc2ccc(NCc3cccc4c3OCCCO4)nn12. The van der Waals surface area contributed by atoms with Crippen LogP contribution >= 0.6 is 0 Å². The number of benzene rings is 1. The van der Waals surface area contributed by atoms with Gasteiger partial charge in [0.25, 0.3) is 6.43 Å². The smallest absolute Gasteiger partial charge is 0.299 e. The van der Waals surface area contributed by atoms with Crippen molar-refractivity contribution < 1.29 is 18.3 Å². The lowest BCUT2D eigenvalue weighted by molar-refractivity contribution is 0.137. The molecule has 130 valence electrons. The second-order valence-corrected chi connectivity index (χ2v) is 5.50. The molecular formula is C16H15F2N5O2. The van der Waals surface area contributed by atoms with Gasteiger partial charge in [0.05, 0.1) is 13.2 Å². The molecule has 0 aliphatic carbocycles. The molecule has 9 heteroatoms. The van der Waals surface area contributed by atoms with E-state index in [4.69, 9.17) is 9.47 Å². The van der Waals surface area contributed by atoms with E-state index in [9.17, 15) is 8.78 Å². The van der Waals surface area contributed by atoms with Gasteiger partial charge in [-0.2, -0.15) is 4.52 Å². The zero-order chi connectivity index (χ0) is 17.2. The Balaban J connectivity index is 1.57. The third-order valence-corrected chi connectivity index (χ3v) is 3.80. The Morgan fingerprint density at radius 3 is 2.88 bits per heavy atom. The summed E-state index contributed by atoms with van der Waals surface area (Å²) in [4.78, 5) is 0. The highest BCUT2D eigenvalue weighted by atomic mass is 19.3.